The number of likely N-dealkylation sites (tertiary alicyclic amines) is 1. The summed E-state index contributed by atoms with van der Waals surface area (Å²) in [6, 6.07) is 8.85. The number of carbonyl (C=O) groups is 1. The van der Waals surface area contributed by atoms with Crippen LogP contribution in [0.4, 0.5) is 19.3 Å². The lowest BCUT2D eigenvalue weighted by Gasteiger charge is -2.30. The minimum Gasteiger partial charge on any atom is -0.480 e. The highest BCUT2D eigenvalue weighted by molar-refractivity contribution is 7.92. The summed E-state index contributed by atoms with van der Waals surface area (Å²) in [6.45, 7) is 5.58. The number of ether oxygens (including phenoxy) is 1. The molecule has 3 heterocycles. The molecule has 1 amide bonds. The van der Waals surface area contributed by atoms with Gasteiger partial charge in [0, 0.05) is 41.7 Å². The van der Waals surface area contributed by atoms with Crippen molar-refractivity contribution in [1.29, 1.82) is 0 Å². The summed E-state index contributed by atoms with van der Waals surface area (Å²) in [5.74, 6) is -2.01. The summed E-state index contributed by atoms with van der Waals surface area (Å²) >= 11 is 0. The topological polar surface area (TPSA) is 135 Å². The molecule has 13 heteroatoms. The van der Waals surface area contributed by atoms with Gasteiger partial charge < -0.3 is 14.7 Å². The minimum atomic E-state index is -4.52. The lowest BCUT2D eigenvalue weighted by molar-refractivity contribution is 0.132. The first-order chi connectivity index (χ1) is 20.3. The van der Waals surface area contributed by atoms with Crippen molar-refractivity contribution in [3.63, 3.8) is 0 Å². The van der Waals surface area contributed by atoms with Gasteiger partial charge in [0.15, 0.2) is 0 Å². The van der Waals surface area contributed by atoms with Crippen molar-refractivity contribution < 1.29 is 31.8 Å². The maximum absolute atomic E-state index is 15.4. The van der Waals surface area contributed by atoms with E-state index < -0.39 is 38.1 Å². The number of nitrogens with one attached hydrogen (secondary N) is 1. The normalized spacial score (nSPS) is 14.6. The number of amides is 1. The predicted molar refractivity (Wildman–Crippen MR) is 157 cm³/mol. The molecule has 0 bridgehead atoms. The molecule has 0 atom stereocenters. The number of hydrogen-bond donors (Lipinski definition) is 2. The Hall–Kier alpha value is -4.39. The maximum Gasteiger partial charge on any atom is 0.407 e. The largest absolute Gasteiger partial charge is 0.480 e. The van der Waals surface area contributed by atoms with E-state index in [4.69, 9.17) is 4.74 Å². The van der Waals surface area contributed by atoms with Crippen LogP contribution in [0, 0.1) is 11.6 Å². The van der Waals surface area contributed by atoms with Crippen LogP contribution < -0.4 is 9.46 Å². The molecule has 226 valence electrons. The Kier molecular flexibility index (Phi) is 7.95. The molecule has 2 aromatic carbocycles. The smallest absolute Gasteiger partial charge is 0.407 e. The highest BCUT2D eigenvalue weighted by Gasteiger charge is 2.31. The molecular weight excluding hydrogens is 580 g/mol. The van der Waals surface area contributed by atoms with Gasteiger partial charge in [0.1, 0.15) is 28.5 Å². The monoisotopic (exact) mass is 611 g/mol. The second-order valence-corrected chi connectivity index (χ2v) is 13.1. The number of nitrogens with zero attached hydrogens (tertiary/aromatic N) is 4. The third kappa shape index (κ3) is 5.94. The summed E-state index contributed by atoms with van der Waals surface area (Å²) in [4.78, 5) is 25.2. The highest BCUT2D eigenvalue weighted by atomic mass is 32.2. The lowest BCUT2D eigenvalue weighted by Crippen LogP contribution is -2.37. The van der Waals surface area contributed by atoms with Gasteiger partial charge in [-0.05, 0) is 54.2 Å². The van der Waals surface area contributed by atoms with Gasteiger partial charge in [0.05, 0.1) is 18.3 Å². The first-order valence-electron chi connectivity index (χ1n) is 13.6. The molecule has 4 aromatic rings. The van der Waals surface area contributed by atoms with Gasteiger partial charge in [0.2, 0.25) is 5.88 Å². The van der Waals surface area contributed by atoms with Crippen LogP contribution in [0.3, 0.4) is 0 Å². The average Bonchev–Trinajstić information content (AvgIpc) is 2.95. The molecule has 1 saturated heterocycles. The van der Waals surface area contributed by atoms with Crippen LogP contribution in [-0.2, 0) is 15.4 Å². The summed E-state index contributed by atoms with van der Waals surface area (Å²) < 4.78 is 64.3. The van der Waals surface area contributed by atoms with E-state index in [1.165, 1.54) is 30.6 Å². The number of piperidine rings is 1. The number of fused-ring (bicyclic) bond motifs is 1. The van der Waals surface area contributed by atoms with Gasteiger partial charge in [0.25, 0.3) is 10.0 Å². The average molecular weight is 612 g/mol. The number of methoxy groups -OCH3 is 1. The van der Waals surface area contributed by atoms with Crippen molar-refractivity contribution in [2.45, 2.75) is 49.8 Å². The van der Waals surface area contributed by atoms with Crippen LogP contribution >= 0.6 is 0 Å². The van der Waals surface area contributed by atoms with E-state index in [1.54, 1.807) is 20.8 Å². The van der Waals surface area contributed by atoms with Crippen molar-refractivity contribution in [2.24, 2.45) is 0 Å². The van der Waals surface area contributed by atoms with Gasteiger partial charge in [-0.2, -0.15) is 0 Å². The highest BCUT2D eigenvalue weighted by Crippen LogP contribution is 2.36. The molecule has 0 saturated carbocycles. The maximum atomic E-state index is 15.4. The van der Waals surface area contributed by atoms with Gasteiger partial charge in [-0.15, -0.1) is 0 Å². The summed E-state index contributed by atoms with van der Waals surface area (Å²) in [6.07, 6.45) is 3.31. The van der Waals surface area contributed by atoms with Crippen LogP contribution in [-0.4, -0.2) is 59.7 Å². The summed E-state index contributed by atoms with van der Waals surface area (Å²) in [5.41, 5.74) is 1.38. The number of carboxylic acid groups (broad SMARTS) is 1. The first-order valence-corrected chi connectivity index (χ1v) is 15.1. The van der Waals surface area contributed by atoms with Crippen molar-refractivity contribution in [3.05, 3.63) is 71.8 Å². The van der Waals surface area contributed by atoms with Crippen molar-refractivity contribution in [2.75, 3.05) is 24.9 Å². The zero-order valence-corrected chi connectivity index (χ0v) is 24.9. The van der Waals surface area contributed by atoms with Crippen LogP contribution in [0.5, 0.6) is 5.88 Å². The Morgan fingerprint density at radius 3 is 2.42 bits per heavy atom. The number of halogens is 2. The van der Waals surface area contributed by atoms with E-state index in [2.05, 4.69) is 19.7 Å². The van der Waals surface area contributed by atoms with Gasteiger partial charge in [-0.1, -0.05) is 26.8 Å². The molecule has 0 aliphatic carbocycles. The van der Waals surface area contributed by atoms with E-state index in [1.807, 2.05) is 18.2 Å². The number of aromatic nitrogens is 3. The van der Waals surface area contributed by atoms with E-state index in [-0.39, 0.29) is 23.0 Å². The summed E-state index contributed by atoms with van der Waals surface area (Å²) in [7, 11) is -3.19. The molecular formula is C30H31F2N5O5S. The van der Waals surface area contributed by atoms with E-state index in [9.17, 15) is 22.7 Å². The lowest BCUT2D eigenvalue weighted by atomic mass is 9.86. The second kappa shape index (κ2) is 11.4. The van der Waals surface area contributed by atoms with Crippen LogP contribution in [0.25, 0.3) is 22.0 Å². The molecule has 1 aliphatic rings. The molecule has 43 heavy (non-hydrogen) atoms. The Morgan fingerprint density at radius 1 is 1.05 bits per heavy atom. The molecule has 0 spiro atoms. The van der Waals surface area contributed by atoms with Crippen LogP contribution in [0.2, 0.25) is 0 Å². The zero-order valence-electron chi connectivity index (χ0n) is 24.1. The Balaban J connectivity index is 1.51. The fourth-order valence-electron chi connectivity index (χ4n) is 5.40. The first kappa shape index (κ1) is 30.1. The number of benzene rings is 2. The Labute approximate surface area is 247 Å². The third-order valence-electron chi connectivity index (χ3n) is 7.54. The SMILES string of the molecule is COc1ncc(-c2ccc3ncnc(C4CCN(C(=O)O)CC4)c3c2)cc1NS(=O)(=O)c1ccc(F)c(C(C)(C)C)c1F. The molecule has 5 rings (SSSR count). The standard InChI is InChI=1S/C30H31F2N5O5S/c1-30(2,3)25-21(31)6-8-24(26(25)32)43(40,41)36-23-14-19(15-33-28(23)42-4)18-5-7-22-20(13-18)27(35-16-34-22)17-9-11-37(12-10-17)29(38)39/h5-8,13-17,36H,9-12H2,1-4H3,(H,38,39). The van der Waals surface area contributed by atoms with E-state index in [0.717, 1.165) is 23.2 Å². The minimum absolute atomic E-state index is 0.0355. The van der Waals surface area contributed by atoms with Crippen LogP contribution in [0.15, 0.2) is 53.8 Å². The Morgan fingerprint density at radius 2 is 1.77 bits per heavy atom. The number of rotatable bonds is 6. The van der Waals surface area contributed by atoms with Crippen molar-refractivity contribution in [1.82, 2.24) is 19.9 Å². The third-order valence-corrected chi connectivity index (χ3v) is 8.92. The molecule has 1 aliphatic heterocycles. The molecule has 0 radical (unpaired) electrons. The Bertz CT molecular complexity index is 1820. The molecule has 10 nitrogen and oxygen atoms in total. The van der Waals surface area contributed by atoms with Crippen molar-refractivity contribution >= 4 is 32.7 Å². The molecule has 2 N–H and O–H groups in total. The van der Waals surface area contributed by atoms with E-state index in [0.29, 0.717) is 42.6 Å². The fourth-order valence-corrected chi connectivity index (χ4v) is 6.53. The van der Waals surface area contributed by atoms with E-state index >= 15 is 4.39 Å². The van der Waals surface area contributed by atoms with Gasteiger partial charge in [-0.3, -0.25) is 4.72 Å². The van der Waals surface area contributed by atoms with Crippen LogP contribution in [0.1, 0.15) is 50.8 Å². The van der Waals surface area contributed by atoms with Gasteiger partial charge >= 0.3 is 6.09 Å². The number of pyridine rings is 1. The number of sulfonamides is 1. The molecule has 2 aromatic heterocycles. The zero-order chi connectivity index (χ0) is 31.1. The molecule has 1 fully saturated rings. The fraction of sp³-hybridized carbons (Fsp3) is 0.333. The molecule has 0 unspecified atom stereocenters. The second-order valence-electron chi connectivity index (χ2n) is 11.4. The number of anilines is 1. The van der Waals surface area contributed by atoms with Gasteiger partial charge in [-0.25, -0.2) is 36.9 Å². The predicted octanol–water partition coefficient (Wildman–Crippen LogP) is 5.93. The van der Waals surface area contributed by atoms with Crippen molar-refractivity contribution in [3.8, 4) is 17.0 Å². The quantitative estimate of drug-likeness (QED) is 0.274. The summed E-state index contributed by atoms with van der Waals surface area (Å²) in [5, 5.41) is 10.1. The number of hydrogen-bond acceptors (Lipinski definition) is 7.